The van der Waals surface area contributed by atoms with Crippen molar-refractivity contribution in [3.8, 4) is 5.75 Å². The molecular formula is C13H17ClF2N2O2. The number of hydrogen-bond acceptors (Lipinski definition) is 3. The molecule has 0 bridgehead atoms. The Morgan fingerprint density at radius 3 is 2.85 bits per heavy atom. The average molecular weight is 307 g/mol. The molecule has 20 heavy (non-hydrogen) atoms. The summed E-state index contributed by atoms with van der Waals surface area (Å²) in [5.41, 5.74) is 0.473. The van der Waals surface area contributed by atoms with E-state index in [0.717, 1.165) is 6.42 Å². The Kier molecular flexibility index (Phi) is 7.25. The van der Waals surface area contributed by atoms with Gasteiger partial charge in [-0.2, -0.15) is 8.78 Å². The van der Waals surface area contributed by atoms with Crippen LogP contribution >= 0.6 is 11.6 Å². The topological polar surface area (TPSA) is 50.4 Å². The summed E-state index contributed by atoms with van der Waals surface area (Å²) in [6, 6.07) is 4.37. The highest BCUT2D eigenvalue weighted by molar-refractivity contribution is 6.30. The van der Waals surface area contributed by atoms with Crippen LogP contribution in [0.15, 0.2) is 18.2 Å². The highest BCUT2D eigenvalue weighted by atomic mass is 35.5. The monoisotopic (exact) mass is 306 g/mol. The van der Waals surface area contributed by atoms with E-state index in [-0.39, 0.29) is 24.7 Å². The molecule has 0 saturated carbocycles. The van der Waals surface area contributed by atoms with Crippen molar-refractivity contribution in [3.05, 3.63) is 28.8 Å². The summed E-state index contributed by atoms with van der Waals surface area (Å²) in [7, 11) is 0. The molecule has 0 aliphatic rings. The summed E-state index contributed by atoms with van der Waals surface area (Å²) in [6.07, 6.45) is 0.854. The van der Waals surface area contributed by atoms with Gasteiger partial charge in [0.1, 0.15) is 5.75 Å². The summed E-state index contributed by atoms with van der Waals surface area (Å²) < 4.78 is 28.9. The van der Waals surface area contributed by atoms with Crippen LogP contribution in [0.5, 0.6) is 5.75 Å². The number of carbonyl (C=O) groups excluding carboxylic acids is 1. The lowest BCUT2D eigenvalue weighted by atomic mass is 10.2. The fourth-order valence-corrected chi connectivity index (χ4v) is 1.73. The van der Waals surface area contributed by atoms with Crippen LogP contribution in [-0.4, -0.2) is 25.6 Å². The van der Waals surface area contributed by atoms with Crippen LogP contribution in [0.4, 0.5) is 8.78 Å². The first-order valence-corrected chi connectivity index (χ1v) is 6.61. The zero-order chi connectivity index (χ0) is 15.0. The van der Waals surface area contributed by atoms with Crippen molar-refractivity contribution in [2.24, 2.45) is 0 Å². The molecular weight excluding hydrogens is 290 g/mol. The number of benzene rings is 1. The Morgan fingerprint density at radius 1 is 1.45 bits per heavy atom. The first kappa shape index (κ1) is 16.7. The zero-order valence-corrected chi connectivity index (χ0v) is 11.8. The first-order valence-electron chi connectivity index (χ1n) is 6.23. The zero-order valence-electron chi connectivity index (χ0n) is 11.1. The SMILES string of the molecule is CCCNC(=O)CNCc1cc(Cl)ccc1OC(F)F. The van der Waals surface area contributed by atoms with Gasteiger partial charge in [0.15, 0.2) is 0 Å². The van der Waals surface area contributed by atoms with E-state index in [1.54, 1.807) is 0 Å². The molecule has 0 atom stereocenters. The summed E-state index contributed by atoms with van der Waals surface area (Å²) in [4.78, 5) is 11.4. The van der Waals surface area contributed by atoms with Gasteiger partial charge in [0.25, 0.3) is 0 Å². The van der Waals surface area contributed by atoms with Crippen molar-refractivity contribution in [2.75, 3.05) is 13.1 Å². The van der Waals surface area contributed by atoms with Gasteiger partial charge in [-0.3, -0.25) is 4.79 Å². The molecule has 1 aromatic carbocycles. The minimum absolute atomic E-state index is 0.0471. The largest absolute Gasteiger partial charge is 0.434 e. The second kappa shape index (κ2) is 8.71. The van der Waals surface area contributed by atoms with Crippen molar-refractivity contribution in [3.63, 3.8) is 0 Å². The number of amides is 1. The number of rotatable bonds is 8. The Bertz CT molecular complexity index is 444. The first-order chi connectivity index (χ1) is 9.52. The molecule has 0 aromatic heterocycles. The van der Waals surface area contributed by atoms with Crippen LogP contribution in [0, 0.1) is 0 Å². The van der Waals surface area contributed by atoms with E-state index >= 15 is 0 Å². The summed E-state index contributed by atoms with van der Waals surface area (Å²) in [5, 5.41) is 5.97. The molecule has 0 fully saturated rings. The summed E-state index contributed by atoms with van der Waals surface area (Å²) in [5.74, 6) is -0.101. The van der Waals surface area contributed by atoms with E-state index in [1.807, 2.05) is 6.92 Å². The van der Waals surface area contributed by atoms with Crippen LogP contribution in [-0.2, 0) is 11.3 Å². The molecule has 1 aromatic rings. The second-order valence-electron chi connectivity index (χ2n) is 4.08. The third-order valence-corrected chi connectivity index (χ3v) is 2.65. The second-order valence-corrected chi connectivity index (χ2v) is 4.52. The molecule has 1 rings (SSSR count). The van der Waals surface area contributed by atoms with Gasteiger partial charge in [0.05, 0.1) is 6.54 Å². The van der Waals surface area contributed by atoms with Gasteiger partial charge in [-0.1, -0.05) is 18.5 Å². The molecule has 1 amide bonds. The highest BCUT2D eigenvalue weighted by Crippen LogP contribution is 2.24. The predicted molar refractivity (Wildman–Crippen MR) is 73.1 cm³/mol. The van der Waals surface area contributed by atoms with Gasteiger partial charge >= 0.3 is 6.61 Å². The van der Waals surface area contributed by atoms with Crippen LogP contribution in [0.2, 0.25) is 5.02 Å². The molecule has 112 valence electrons. The molecule has 0 heterocycles. The molecule has 2 N–H and O–H groups in total. The number of carbonyl (C=O) groups is 1. The van der Waals surface area contributed by atoms with Crippen molar-refractivity contribution in [1.29, 1.82) is 0 Å². The Balaban J connectivity index is 2.53. The highest BCUT2D eigenvalue weighted by Gasteiger charge is 2.10. The van der Waals surface area contributed by atoms with E-state index in [4.69, 9.17) is 11.6 Å². The van der Waals surface area contributed by atoms with Gasteiger partial charge in [-0.15, -0.1) is 0 Å². The lowest BCUT2D eigenvalue weighted by molar-refractivity contribution is -0.120. The van der Waals surface area contributed by atoms with Gasteiger partial charge < -0.3 is 15.4 Å². The molecule has 4 nitrogen and oxygen atoms in total. The Hall–Kier alpha value is -1.40. The smallest absolute Gasteiger partial charge is 0.387 e. The minimum Gasteiger partial charge on any atom is -0.434 e. The average Bonchev–Trinajstić information content (AvgIpc) is 2.39. The lowest BCUT2D eigenvalue weighted by Gasteiger charge is -2.12. The van der Waals surface area contributed by atoms with E-state index in [0.29, 0.717) is 17.1 Å². The fourth-order valence-electron chi connectivity index (χ4n) is 1.53. The maximum absolute atomic E-state index is 12.3. The number of ether oxygens (including phenoxy) is 1. The maximum Gasteiger partial charge on any atom is 0.387 e. The van der Waals surface area contributed by atoms with Crippen molar-refractivity contribution in [1.82, 2.24) is 10.6 Å². The van der Waals surface area contributed by atoms with Gasteiger partial charge in [0, 0.05) is 23.7 Å². The van der Waals surface area contributed by atoms with Gasteiger partial charge in [0.2, 0.25) is 5.91 Å². The maximum atomic E-state index is 12.3. The Labute approximate surface area is 121 Å². The fraction of sp³-hybridized carbons (Fsp3) is 0.462. The predicted octanol–water partition coefficient (Wildman–Crippen LogP) is 2.56. The van der Waals surface area contributed by atoms with Crippen molar-refractivity contribution >= 4 is 17.5 Å². The molecule has 0 unspecified atom stereocenters. The molecule has 0 saturated heterocycles. The van der Waals surface area contributed by atoms with Gasteiger partial charge in [-0.05, 0) is 24.6 Å². The van der Waals surface area contributed by atoms with Crippen molar-refractivity contribution < 1.29 is 18.3 Å². The van der Waals surface area contributed by atoms with E-state index < -0.39 is 6.61 Å². The molecule has 0 aliphatic carbocycles. The quantitative estimate of drug-likeness (QED) is 0.776. The number of alkyl halides is 2. The number of nitrogens with one attached hydrogen (secondary N) is 2. The number of hydrogen-bond donors (Lipinski definition) is 2. The van der Waals surface area contributed by atoms with Crippen LogP contribution < -0.4 is 15.4 Å². The number of halogens is 3. The van der Waals surface area contributed by atoms with Crippen LogP contribution in [0.3, 0.4) is 0 Å². The molecule has 0 aliphatic heterocycles. The summed E-state index contributed by atoms with van der Waals surface area (Å²) in [6.45, 7) is -0.0313. The molecule has 0 radical (unpaired) electrons. The third kappa shape index (κ3) is 6.16. The lowest BCUT2D eigenvalue weighted by Crippen LogP contribution is -2.34. The summed E-state index contributed by atoms with van der Waals surface area (Å²) >= 11 is 5.81. The molecule has 0 spiro atoms. The molecule has 7 heteroatoms. The van der Waals surface area contributed by atoms with Crippen molar-refractivity contribution in [2.45, 2.75) is 26.5 Å². The van der Waals surface area contributed by atoms with E-state index in [1.165, 1.54) is 18.2 Å². The van der Waals surface area contributed by atoms with E-state index in [2.05, 4.69) is 15.4 Å². The minimum atomic E-state index is -2.90. The standard InChI is InChI=1S/C13H17ClF2N2O2/c1-2-5-18-12(19)8-17-7-9-6-10(14)3-4-11(9)20-13(15)16/h3-4,6,13,17H,2,5,7-8H2,1H3,(H,18,19). The van der Waals surface area contributed by atoms with Crippen LogP contribution in [0.25, 0.3) is 0 Å². The third-order valence-electron chi connectivity index (χ3n) is 2.41. The van der Waals surface area contributed by atoms with E-state index in [9.17, 15) is 13.6 Å². The van der Waals surface area contributed by atoms with Gasteiger partial charge in [-0.25, -0.2) is 0 Å². The normalized spacial score (nSPS) is 10.7. The van der Waals surface area contributed by atoms with Crippen LogP contribution in [0.1, 0.15) is 18.9 Å². The Morgan fingerprint density at radius 2 is 2.20 bits per heavy atom.